The Bertz CT molecular complexity index is 1150. The number of hydrogen-bond acceptors (Lipinski definition) is 4. The number of aromatic nitrogens is 1. The standard InChI is InChI=1S/C23H20F2N4O2/c1-31-22-16(23(30)29-13-15-3-2-10-28-12-15)6-9-20(27)21(22)19(26)8-5-14-4-7-17(24)18(25)11-14/h2-12,26H,13,27H2,1H3,(H,29,30)/p+1/b8-5+,26-19?. The number of methoxy groups -OCH3 is 1. The van der Waals surface area contributed by atoms with Crippen molar-refractivity contribution in [2.24, 2.45) is 0 Å². The third-order valence-corrected chi connectivity index (χ3v) is 4.50. The Kier molecular flexibility index (Phi) is 6.71. The van der Waals surface area contributed by atoms with E-state index >= 15 is 0 Å². The van der Waals surface area contributed by atoms with Gasteiger partial charge in [-0.15, -0.1) is 0 Å². The van der Waals surface area contributed by atoms with E-state index in [-0.39, 0.29) is 29.5 Å². The number of allylic oxidation sites excluding steroid dienone is 1. The Hall–Kier alpha value is -4.07. The molecule has 8 heteroatoms. The van der Waals surface area contributed by atoms with Gasteiger partial charge in [-0.25, -0.2) is 8.78 Å². The van der Waals surface area contributed by atoms with Crippen molar-refractivity contribution in [2.45, 2.75) is 6.54 Å². The average molecular weight is 423 g/mol. The van der Waals surface area contributed by atoms with E-state index in [1.54, 1.807) is 30.6 Å². The fraction of sp³-hybridized carbons (Fsp3) is 0.0870. The van der Waals surface area contributed by atoms with Crippen molar-refractivity contribution in [3.8, 4) is 5.75 Å². The molecule has 0 atom stereocenters. The lowest BCUT2D eigenvalue weighted by atomic mass is 10.0. The molecule has 0 spiro atoms. The van der Waals surface area contributed by atoms with Crippen LogP contribution >= 0.6 is 0 Å². The summed E-state index contributed by atoms with van der Waals surface area (Å²) in [4.78, 5) is 16.7. The van der Waals surface area contributed by atoms with Crippen molar-refractivity contribution in [1.29, 1.82) is 0 Å². The molecule has 6 nitrogen and oxygen atoms in total. The summed E-state index contributed by atoms with van der Waals surface area (Å²) < 4.78 is 32.0. The van der Waals surface area contributed by atoms with E-state index in [0.29, 0.717) is 16.8 Å². The van der Waals surface area contributed by atoms with Gasteiger partial charge in [0.25, 0.3) is 5.91 Å². The number of amides is 1. The first-order chi connectivity index (χ1) is 14.9. The van der Waals surface area contributed by atoms with Crippen LogP contribution in [0.15, 0.2) is 60.9 Å². The van der Waals surface area contributed by atoms with E-state index in [1.165, 1.54) is 25.3 Å². The Labute approximate surface area is 177 Å². The number of benzene rings is 2. The normalized spacial score (nSPS) is 10.8. The molecule has 0 unspecified atom stereocenters. The molecule has 0 radical (unpaired) electrons. The molecule has 0 fully saturated rings. The van der Waals surface area contributed by atoms with Crippen LogP contribution in [0.25, 0.3) is 6.08 Å². The van der Waals surface area contributed by atoms with Gasteiger partial charge in [0.1, 0.15) is 11.3 Å². The number of rotatable bonds is 7. The molecule has 0 aliphatic heterocycles. The number of ether oxygens (including phenoxy) is 1. The maximum Gasteiger partial charge on any atom is 0.255 e. The molecule has 3 aromatic rings. The molecule has 3 rings (SSSR count). The maximum atomic E-state index is 13.4. The Morgan fingerprint density at radius 1 is 1.23 bits per heavy atom. The fourth-order valence-corrected chi connectivity index (χ4v) is 2.95. The van der Waals surface area contributed by atoms with Crippen LogP contribution in [-0.2, 0) is 6.54 Å². The minimum Gasteiger partial charge on any atom is -0.495 e. The highest BCUT2D eigenvalue weighted by molar-refractivity contribution is 6.14. The second kappa shape index (κ2) is 9.62. The van der Waals surface area contributed by atoms with E-state index in [0.717, 1.165) is 17.7 Å². The van der Waals surface area contributed by atoms with Crippen LogP contribution in [0, 0.1) is 11.6 Å². The van der Waals surface area contributed by atoms with Gasteiger partial charge in [-0.1, -0.05) is 12.1 Å². The third kappa shape index (κ3) is 5.11. The lowest BCUT2D eigenvalue weighted by molar-refractivity contribution is -0.111. The topological polar surface area (TPSA) is 103 Å². The summed E-state index contributed by atoms with van der Waals surface area (Å²) >= 11 is 0. The predicted octanol–water partition coefficient (Wildman–Crippen LogP) is 2.14. The van der Waals surface area contributed by atoms with Gasteiger partial charge in [-0.05, 0) is 47.5 Å². The highest BCUT2D eigenvalue weighted by Crippen LogP contribution is 2.29. The quantitative estimate of drug-likeness (QED) is 0.400. The predicted molar refractivity (Wildman–Crippen MR) is 114 cm³/mol. The fourth-order valence-electron chi connectivity index (χ4n) is 2.95. The zero-order chi connectivity index (χ0) is 22.4. The molecular weight excluding hydrogens is 402 g/mol. The number of nitrogens with zero attached hydrogens (tertiary/aromatic N) is 1. The Morgan fingerprint density at radius 2 is 2.03 bits per heavy atom. The first-order valence-corrected chi connectivity index (χ1v) is 9.30. The Balaban J connectivity index is 1.86. The summed E-state index contributed by atoms with van der Waals surface area (Å²) in [6.45, 7) is 0.283. The van der Waals surface area contributed by atoms with Gasteiger partial charge in [-0.2, -0.15) is 0 Å². The first kappa shape index (κ1) is 21.6. The van der Waals surface area contributed by atoms with Gasteiger partial charge in [0.05, 0.1) is 12.7 Å². The second-order valence-electron chi connectivity index (χ2n) is 6.62. The van der Waals surface area contributed by atoms with Crippen molar-refractivity contribution >= 4 is 23.4 Å². The molecule has 2 aromatic carbocycles. The number of anilines is 1. The average Bonchev–Trinajstić information content (AvgIpc) is 2.78. The highest BCUT2D eigenvalue weighted by Gasteiger charge is 2.22. The summed E-state index contributed by atoms with van der Waals surface area (Å²) in [5.41, 5.74) is 8.40. The summed E-state index contributed by atoms with van der Waals surface area (Å²) in [6, 6.07) is 10.2. The van der Waals surface area contributed by atoms with Gasteiger partial charge in [0.15, 0.2) is 11.6 Å². The van der Waals surface area contributed by atoms with Crippen molar-refractivity contribution in [2.75, 3.05) is 12.8 Å². The van der Waals surface area contributed by atoms with E-state index in [2.05, 4.69) is 10.3 Å². The number of halogens is 2. The van der Waals surface area contributed by atoms with Gasteiger partial charge < -0.3 is 15.8 Å². The van der Waals surface area contributed by atoms with Crippen LogP contribution in [0.1, 0.15) is 27.0 Å². The molecule has 0 saturated heterocycles. The second-order valence-corrected chi connectivity index (χ2v) is 6.62. The van der Waals surface area contributed by atoms with Crippen LogP contribution in [-0.4, -0.2) is 23.7 Å². The Morgan fingerprint density at radius 3 is 2.71 bits per heavy atom. The zero-order valence-electron chi connectivity index (χ0n) is 16.7. The molecule has 5 N–H and O–H groups in total. The van der Waals surface area contributed by atoms with E-state index in [1.807, 2.05) is 6.07 Å². The molecule has 1 heterocycles. The minimum atomic E-state index is -0.967. The van der Waals surface area contributed by atoms with Crippen molar-refractivity contribution in [3.63, 3.8) is 0 Å². The SMILES string of the molecule is COc1c(C(=O)NCc2cccnc2)ccc(N)c1C(=[NH2+])/C=C/c1ccc(F)c(F)c1. The first-order valence-electron chi connectivity index (χ1n) is 9.30. The summed E-state index contributed by atoms with van der Waals surface area (Å²) in [6.07, 6.45) is 6.29. The van der Waals surface area contributed by atoms with E-state index < -0.39 is 11.6 Å². The number of hydrogen-bond donors (Lipinski definition) is 3. The van der Waals surface area contributed by atoms with Gasteiger partial charge >= 0.3 is 0 Å². The van der Waals surface area contributed by atoms with Crippen LogP contribution in [0.4, 0.5) is 14.5 Å². The van der Waals surface area contributed by atoms with Gasteiger partial charge in [0, 0.05) is 30.7 Å². The lowest BCUT2D eigenvalue weighted by Crippen LogP contribution is -2.40. The van der Waals surface area contributed by atoms with Crippen molar-refractivity contribution in [1.82, 2.24) is 10.3 Å². The van der Waals surface area contributed by atoms with Crippen molar-refractivity contribution < 1.29 is 23.7 Å². The molecular formula is C23H21F2N4O2+. The molecule has 0 saturated carbocycles. The summed E-state index contributed by atoms with van der Waals surface area (Å²) in [5.74, 6) is -2.08. The van der Waals surface area contributed by atoms with Crippen LogP contribution in [0.2, 0.25) is 0 Å². The highest BCUT2D eigenvalue weighted by atomic mass is 19.2. The molecule has 0 aliphatic carbocycles. The monoisotopic (exact) mass is 423 g/mol. The van der Waals surface area contributed by atoms with Gasteiger partial charge in [-0.3, -0.25) is 15.2 Å². The minimum absolute atomic E-state index is 0.195. The molecule has 0 aliphatic rings. The largest absolute Gasteiger partial charge is 0.495 e. The van der Waals surface area contributed by atoms with Crippen molar-refractivity contribution in [3.05, 3.63) is 94.8 Å². The maximum absolute atomic E-state index is 13.4. The van der Waals surface area contributed by atoms with E-state index in [9.17, 15) is 13.6 Å². The molecule has 158 valence electrons. The summed E-state index contributed by atoms with van der Waals surface area (Å²) in [5, 5.41) is 8.98. The molecule has 0 bridgehead atoms. The van der Waals surface area contributed by atoms with Crippen LogP contribution in [0.5, 0.6) is 5.75 Å². The lowest BCUT2D eigenvalue weighted by Gasteiger charge is -2.14. The zero-order valence-corrected chi connectivity index (χ0v) is 16.7. The molecule has 1 aromatic heterocycles. The number of carbonyl (C=O) groups is 1. The number of nitrogen functional groups attached to an aromatic ring is 1. The number of pyridine rings is 1. The number of carbonyl (C=O) groups excluding carboxylic acids is 1. The number of nitrogens with one attached hydrogen (secondary N) is 1. The van der Waals surface area contributed by atoms with Crippen LogP contribution < -0.4 is 21.2 Å². The van der Waals surface area contributed by atoms with Gasteiger partial charge in [0.2, 0.25) is 5.71 Å². The number of nitrogens with two attached hydrogens (primary N) is 2. The molecule has 31 heavy (non-hydrogen) atoms. The third-order valence-electron chi connectivity index (χ3n) is 4.50. The van der Waals surface area contributed by atoms with Crippen LogP contribution in [0.3, 0.4) is 0 Å². The molecule has 1 amide bonds. The smallest absolute Gasteiger partial charge is 0.255 e. The van der Waals surface area contributed by atoms with E-state index in [4.69, 9.17) is 15.9 Å². The summed E-state index contributed by atoms with van der Waals surface area (Å²) in [7, 11) is 1.41.